The average Bonchev–Trinajstić information content (AvgIpc) is 2.79. The van der Waals surface area contributed by atoms with Crippen LogP contribution in [0.3, 0.4) is 0 Å². The number of hydrogen-bond donors (Lipinski definition) is 1. The summed E-state index contributed by atoms with van der Waals surface area (Å²) in [6.07, 6.45) is 0. The zero-order chi connectivity index (χ0) is 15.1. The van der Waals surface area contributed by atoms with E-state index in [2.05, 4.69) is 4.98 Å². The standard InChI is InChI=1S/C15H10F2N2O2/c1-19-13-5-3-2-4-12(13)18-14(19)8-6-10(16)11(17)7-9(8)15(20)21/h2-7H,1H3,(H,20,21). The van der Waals surface area contributed by atoms with E-state index in [1.807, 2.05) is 12.1 Å². The Hall–Kier alpha value is -2.76. The first-order chi connectivity index (χ1) is 9.99. The van der Waals surface area contributed by atoms with Gasteiger partial charge in [-0.1, -0.05) is 12.1 Å². The maximum absolute atomic E-state index is 13.5. The minimum Gasteiger partial charge on any atom is -0.478 e. The molecule has 0 aliphatic heterocycles. The Kier molecular flexibility index (Phi) is 2.94. The minimum absolute atomic E-state index is 0.0418. The molecule has 0 unspecified atom stereocenters. The summed E-state index contributed by atoms with van der Waals surface area (Å²) in [6.45, 7) is 0. The topological polar surface area (TPSA) is 55.1 Å². The van der Waals surface area contributed by atoms with Crippen LogP contribution in [-0.4, -0.2) is 20.6 Å². The second-order valence-corrected chi connectivity index (χ2v) is 4.60. The number of aryl methyl sites for hydroxylation is 1. The Morgan fingerprint density at radius 3 is 2.52 bits per heavy atom. The van der Waals surface area contributed by atoms with E-state index >= 15 is 0 Å². The van der Waals surface area contributed by atoms with Crippen molar-refractivity contribution in [2.75, 3.05) is 0 Å². The first kappa shape index (κ1) is 13.2. The van der Waals surface area contributed by atoms with Gasteiger partial charge in [0.05, 0.1) is 16.6 Å². The summed E-state index contributed by atoms with van der Waals surface area (Å²) >= 11 is 0. The van der Waals surface area contributed by atoms with Crippen molar-refractivity contribution in [2.24, 2.45) is 7.05 Å². The van der Waals surface area contributed by atoms with E-state index in [4.69, 9.17) is 0 Å². The molecule has 1 heterocycles. The highest BCUT2D eigenvalue weighted by Crippen LogP contribution is 2.28. The second kappa shape index (κ2) is 4.66. The molecule has 1 N–H and O–H groups in total. The number of carbonyl (C=O) groups is 1. The fraction of sp³-hybridized carbons (Fsp3) is 0.0667. The van der Waals surface area contributed by atoms with Crippen LogP contribution in [0.25, 0.3) is 22.4 Å². The summed E-state index contributed by atoms with van der Waals surface area (Å²) in [4.78, 5) is 15.6. The third-order valence-corrected chi connectivity index (χ3v) is 3.32. The predicted octanol–water partition coefficient (Wildman–Crippen LogP) is 3.22. The lowest BCUT2D eigenvalue weighted by molar-refractivity contribution is 0.0697. The molecule has 6 heteroatoms. The van der Waals surface area contributed by atoms with Crippen molar-refractivity contribution in [1.29, 1.82) is 0 Å². The Morgan fingerprint density at radius 1 is 1.19 bits per heavy atom. The molecule has 0 bridgehead atoms. The number of fused-ring (bicyclic) bond motifs is 1. The zero-order valence-electron chi connectivity index (χ0n) is 11.0. The van der Waals surface area contributed by atoms with Crippen LogP contribution < -0.4 is 0 Å². The van der Waals surface area contributed by atoms with Crippen LogP contribution in [0, 0.1) is 11.6 Å². The van der Waals surface area contributed by atoms with E-state index in [1.165, 1.54) is 0 Å². The SMILES string of the molecule is Cn1c(-c2cc(F)c(F)cc2C(=O)O)nc2ccccc21. The monoisotopic (exact) mass is 288 g/mol. The van der Waals surface area contributed by atoms with Gasteiger partial charge in [0.25, 0.3) is 0 Å². The molecule has 0 atom stereocenters. The Labute approximate surface area is 118 Å². The van der Waals surface area contributed by atoms with E-state index in [1.54, 1.807) is 23.7 Å². The Balaban J connectivity index is 2.34. The zero-order valence-corrected chi connectivity index (χ0v) is 11.0. The number of hydrogen-bond acceptors (Lipinski definition) is 2. The molecule has 0 saturated carbocycles. The number of aromatic nitrogens is 2. The molecular weight excluding hydrogens is 278 g/mol. The predicted molar refractivity (Wildman–Crippen MR) is 73.0 cm³/mol. The normalized spacial score (nSPS) is 11.0. The summed E-state index contributed by atoms with van der Waals surface area (Å²) in [5.74, 6) is -3.37. The van der Waals surface area contributed by atoms with Crippen molar-refractivity contribution in [3.8, 4) is 11.4 Å². The van der Waals surface area contributed by atoms with Crippen LogP contribution in [-0.2, 0) is 7.05 Å². The Bertz CT molecular complexity index is 871. The minimum atomic E-state index is -1.34. The first-order valence-electron chi connectivity index (χ1n) is 6.13. The van der Waals surface area contributed by atoms with E-state index in [9.17, 15) is 18.7 Å². The summed E-state index contributed by atoms with van der Waals surface area (Å²) in [7, 11) is 1.69. The summed E-state index contributed by atoms with van der Waals surface area (Å²) in [5.41, 5.74) is 1.14. The number of halogens is 2. The number of rotatable bonds is 2. The number of para-hydroxylation sites is 2. The van der Waals surface area contributed by atoms with Gasteiger partial charge in [-0.3, -0.25) is 0 Å². The van der Waals surface area contributed by atoms with Crippen molar-refractivity contribution >= 4 is 17.0 Å². The Morgan fingerprint density at radius 2 is 1.86 bits per heavy atom. The second-order valence-electron chi connectivity index (χ2n) is 4.60. The molecule has 3 aromatic rings. The van der Waals surface area contributed by atoms with Crippen LogP contribution in [0.4, 0.5) is 8.78 Å². The molecular formula is C15H10F2N2O2. The van der Waals surface area contributed by atoms with Crippen molar-refractivity contribution in [1.82, 2.24) is 9.55 Å². The van der Waals surface area contributed by atoms with Gasteiger partial charge in [-0.25, -0.2) is 18.6 Å². The van der Waals surface area contributed by atoms with Crippen LogP contribution in [0.2, 0.25) is 0 Å². The molecule has 0 saturated heterocycles. The molecule has 4 nitrogen and oxygen atoms in total. The van der Waals surface area contributed by atoms with E-state index in [0.717, 1.165) is 11.6 Å². The lowest BCUT2D eigenvalue weighted by Gasteiger charge is -2.07. The van der Waals surface area contributed by atoms with Crippen molar-refractivity contribution < 1.29 is 18.7 Å². The van der Waals surface area contributed by atoms with Gasteiger partial charge in [0.2, 0.25) is 0 Å². The molecule has 3 rings (SSSR count). The van der Waals surface area contributed by atoms with Crippen LogP contribution in [0.15, 0.2) is 36.4 Å². The largest absolute Gasteiger partial charge is 0.478 e. The van der Waals surface area contributed by atoms with E-state index < -0.39 is 17.6 Å². The van der Waals surface area contributed by atoms with Gasteiger partial charge < -0.3 is 9.67 Å². The maximum atomic E-state index is 13.5. The summed E-state index contributed by atoms with van der Waals surface area (Å²) in [6, 6.07) is 8.72. The number of aromatic carboxylic acids is 1. The molecule has 0 aliphatic carbocycles. The molecule has 21 heavy (non-hydrogen) atoms. The third kappa shape index (κ3) is 2.05. The van der Waals surface area contributed by atoms with Crippen molar-refractivity contribution in [3.63, 3.8) is 0 Å². The van der Waals surface area contributed by atoms with E-state index in [-0.39, 0.29) is 17.0 Å². The van der Waals surface area contributed by atoms with Gasteiger partial charge in [0.15, 0.2) is 11.6 Å². The van der Waals surface area contributed by atoms with Gasteiger partial charge in [-0.05, 0) is 24.3 Å². The molecule has 0 spiro atoms. The molecule has 0 amide bonds. The summed E-state index contributed by atoms with van der Waals surface area (Å²) in [5, 5.41) is 9.18. The van der Waals surface area contributed by atoms with E-state index in [0.29, 0.717) is 11.6 Å². The highest BCUT2D eigenvalue weighted by atomic mass is 19.2. The maximum Gasteiger partial charge on any atom is 0.336 e. The number of nitrogens with zero attached hydrogens (tertiary/aromatic N) is 2. The number of benzene rings is 2. The molecule has 0 radical (unpaired) electrons. The highest BCUT2D eigenvalue weighted by Gasteiger charge is 2.20. The van der Waals surface area contributed by atoms with Crippen LogP contribution >= 0.6 is 0 Å². The van der Waals surface area contributed by atoms with Crippen molar-refractivity contribution in [2.45, 2.75) is 0 Å². The molecule has 2 aromatic carbocycles. The lowest BCUT2D eigenvalue weighted by Crippen LogP contribution is -2.05. The molecule has 106 valence electrons. The van der Waals surface area contributed by atoms with Gasteiger partial charge in [0.1, 0.15) is 5.82 Å². The van der Waals surface area contributed by atoms with Gasteiger partial charge in [0, 0.05) is 12.6 Å². The lowest BCUT2D eigenvalue weighted by atomic mass is 10.1. The van der Waals surface area contributed by atoms with Gasteiger partial charge >= 0.3 is 5.97 Å². The molecule has 0 aliphatic rings. The fourth-order valence-corrected chi connectivity index (χ4v) is 2.30. The third-order valence-electron chi connectivity index (χ3n) is 3.32. The quantitative estimate of drug-likeness (QED) is 0.787. The van der Waals surface area contributed by atoms with Gasteiger partial charge in [-0.15, -0.1) is 0 Å². The smallest absolute Gasteiger partial charge is 0.336 e. The van der Waals surface area contributed by atoms with Gasteiger partial charge in [-0.2, -0.15) is 0 Å². The number of imidazole rings is 1. The number of carboxylic acids is 1. The average molecular weight is 288 g/mol. The first-order valence-corrected chi connectivity index (χ1v) is 6.13. The summed E-state index contributed by atoms with van der Waals surface area (Å²) < 4.78 is 28.4. The molecule has 1 aromatic heterocycles. The van der Waals surface area contributed by atoms with Crippen LogP contribution in [0.1, 0.15) is 10.4 Å². The fourth-order valence-electron chi connectivity index (χ4n) is 2.30. The number of carboxylic acid groups (broad SMARTS) is 1. The van der Waals surface area contributed by atoms with Crippen molar-refractivity contribution in [3.05, 3.63) is 53.6 Å². The molecule has 0 fully saturated rings. The highest BCUT2D eigenvalue weighted by molar-refractivity contribution is 5.96. The van der Waals surface area contributed by atoms with Crippen LogP contribution in [0.5, 0.6) is 0 Å².